The van der Waals surface area contributed by atoms with Gasteiger partial charge in [0.2, 0.25) is 5.78 Å². The first-order chi connectivity index (χ1) is 15.4. The standard InChI is InChI=1S/C24H20O7S/c1-3-29-21-7-5-4-6-16(21)14-23-24(25)20-13-10-18(15-22(20)30-23)31-32(26,27)19-11-8-17(28-2)9-12-19/h4-15H,3H2,1-2H3/b23-14-. The summed E-state index contributed by atoms with van der Waals surface area (Å²) in [5, 5.41) is 0. The van der Waals surface area contributed by atoms with E-state index in [9.17, 15) is 13.2 Å². The zero-order valence-electron chi connectivity index (χ0n) is 17.4. The van der Waals surface area contributed by atoms with E-state index >= 15 is 0 Å². The lowest BCUT2D eigenvalue weighted by Gasteiger charge is -2.08. The maximum Gasteiger partial charge on any atom is 0.339 e. The van der Waals surface area contributed by atoms with E-state index in [1.54, 1.807) is 12.1 Å². The molecule has 32 heavy (non-hydrogen) atoms. The Balaban J connectivity index is 1.58. The molecule has 7 nitrogen and oxygen atoms in total. The number of hydrogen-bond acceptors (Lipinski definition) is 7. The quantitative estimate of drug-likeness (QED) is 0.386. The third-order valence-corrected chi connectivity index (χ3v) is 5.96. The third kappa shape index (κ3) is 4.31. The molecule has 1 heterocycles. The zero-order valence-corrected chi connectivity index (χ0v) is 18.2. The number of Topliss-reactive ketones (excluding diaryl/α,β-unsaturated/α-hetero) is 1. The number of carbonyl (C=O) groups is 1. The summed E-state index contributed by atoms with van der Waals surface area (Å²) in [7, 11) is -2.58. The second kappa shape index (κ2) is 8.76. The lowest BCUT2D eigenvalue weighted by Crippen LogP contribution is -2.09. The summed E-state index contributed by atoms with van der Waals surface area (Å²) >= 11 is 0. The molecule has 0 fully saturated rings. The molecule has 0 unspecified atom stereocenters. The Hall–Kier alpha value is -3.78. The van der Waals surface area contributed by atoms with Crippen molar-refractivity contribution >= 4 is 22.0 Å². The Kier molecular flexibility index (Phi) is 5.87. The summed E-state index contributed by atoms with van der Waals surface area (Å²) in [5.74, 6) is 1.21. The third-order valence-electron chi connectivity index (χ3n) is 4.70. The maximum absolute atomic E-state index is 12.7. The van der Waals surface area contributed by atoms with Crippen LogP contribution in [0.4, 0.5) is 0 Å². The van der Waals surface area contributed by atoms with Crippen molar-refractivity contribution < 1.29 is 31.6 Å². The van der Waals surface area contributed by atoms with Gasteiger partial charge in [-0.25, -0.2) is 0 Å². The van der Waals surface area contributed by atoms with Gasteiger partial charge in [-0.2, -0.15) is 8.42 Å². The van der Waals surface area contributed by atoms with Crippen molar-refractivity contribution in [1.82, 2.24) is 0 Å². The van der Waals surface area contributed by atoms with Crippen LogP contribution in [0.25, 0.3) is 6.08 Å². The summed E-state index contributed by atoms with van der Waals surface area (Å²) in [6, 6.07) is 17.4. The predicted octanol–water partition coefficient (Wildman–Crippen LogP) is 4.48. The van der Waals surface area contributed by atoms with Gasteiger partial charge in [0.15, 0.2) is 5.76 Å². The molecular weight excluding hydrogens is 432 g/mol. The molecule has 0 radical (unpaired) electrons. The molecular formula is C24H20O7S. The zero-order chi connectivity index (χ0) is 22.7. The monoisotopic (exact) mass is 452 g/mol. The summed E-state index contributed by atoms with van der Waals surface area (Å²) in [4.78, 5) is 12.7. The van der Waals surface area contributed by atoms with Crippen molar-refractivity contribution in [3.63, 3.8) is 0 Å². The number of hydrogen-bond donors (Lipinski definition) is 0. The van der Waals surface area contributed by atoms with Gasteiger partial charge in [-0.05, 0) is 55.5 Å². The largest absolute Gasteiger partial charge is 0.497 e. The minimum Gasteiger partial charge on any atom is -0.497 e. The number of ketones is 1. The number of fused-ring (bicyclic) bond motifs is 1. The molecule has 3 aromatic rings. The summed E-state index contributed by atoms with van der Waals surface area (Å²) in [6.07, 6.45) is 1.60. The number of ether oxygens (including phenoxy) is 3. The summed E-state index contributed by atoms with van der Waals surface area (Å²) in [5.41, 5.74) is 1.02. The second-order valence-electron chi connectivity index (χ2n) is 6.78. The van der Waals surface area contributed by atoms with Gasteiger partial charge in [0.25, 0.3) is 0 Å². The lowest BCUT2D eigenvalue weighted by atomic mass is 10.1. The van der Waals surface area contributed by atoms with E-state index in [-0.39, 0.29) is 27.9 Å². The topological polar surface area (TPSA) is 88.1 Å². The van der Waals surface area contributed by atoms with E-state index in [0.717, 1.165) is 0 Å². The van der Waals surface area contributed by atoms with Crippen molar-refractivity contribution in [2.45, 2.75) is 11.8 Å². The lowest BCUT2D eigenvalue weighted by molar-refractivity contribution is 0.101. The Bertz CT molecular complexity index is 1290. The van der Waals surface area contributed by atoms with Crippen LogP contribution in [-0.2, 0) is 10.1 Å². The molecule has 0 aliphatic carbocycles. The van der Waals surface area contributed by atoms with Gasteiger partial charge in [0.1, 0.15) is 27.9 Å². The Morgan fingerprint density at radius 2 is 1.69 bits per heavy atom. The Morgan fingerprint density at radius 3 is 2.41 bits per heavy atom. The van der Waals surface area contributed by atoms with Gasteiger partial charge in [-0.1, -0.05) is 18.2 Å². The molecule has 4 rings (SSSR count). The smallest absolute Gasteiger partial charge is 0.339 e. The van der Waals surface area contributed by atoms with Crippen LogP contribution in [0.3, 0.4) is 0 Å². The Morgan fingerprint density at radius 1 is 0.969 bits per heavy atom. The fourth-order valence-corrected chi connectivity index (χ4v) is 4.09. The molecule has 0 saturated heterocycles. The number of methoxy groups -OCH3 is 1. The molecule has 0 amide bonds. The highest BCUT2D eigenvalue weighted by molar-refractivity contribution is 7.87. The van der Waals surface area contributed by atoms with Gasteiger partial charge in [-0.3, -0.25) is 4.79 Å². The summed E-state index contributed by atoms with van der Waals surface area (Å²) < 4.78 is 46.7. The highest BCUT2D eigenvalue weighted by Crippen LogP contribution is 2.36. The molecule has 0 spiro atoms. The molecule has 1 aliphatic rings. The van der Waals surface area contributed by atoms with Crippen LogP contribution in [0.1, 0.15) is 22.8 Å². The molecule has 3 aromatic carbocycles. The molecule has 1 aliphatic heterocycles. The van der Waals surface area contributed by atoms with E-state index in [0.29, 0.717) is 29.2 Å². The van der Waals surface area contributed by atoms with Gasteiger partial charge in [0.05, 0.1) is 19.3 Å². The molecule has 0 saturated carbocycles. The van der Waals surface area contributed by atoms with Crippen molar-refractivity contribution in [3.05, 3.63) is 83.6 Å². The first kappa shape index (κ1) is 21.5. The average Bonchev–Trinajstić information content (AvgIpc) is 3.09. The number of allylic oxidation sites excluding steroid dienone is 1. The molecule has 8 heteroatoms. The minimum atomic E-state index is -4.07. The van der Waals surface area contributed by atoms with Crippen LogP contribution >= 0.6 is 0 Å². The predicted molar refractivity (Wildman–Crippen MR) is 118 cm³/mol. The molecule has 0 aromatic heterocycles. The van der Waals surface area contributed by atoms with E-state index in [2.05, 4.69) is 0 Å². The van der Waals surface area contributed by atoms with E-state index in [1.807, 2.05) is 25.1 Å². The second-order valence-corrected chi connectivity index (χ2v) is 8.33. The van der Waals surface area contributed by atoms with Crippen LogP contribution < -0.4 is 18.4 Å². The molecule has 0 bridgehead atoms. The van der Waals surface area contributed by atoms with Crippen LogP contribution in [0.5, 0.6) is 23.0 Å². The minimum absolute atomic E-state index is 0.0242. The van der Waals surface area contributed by atoms with Crippen LogP contribution in [0.2, 0.25) is 0 Å². The number of para-hydroxylation sites is 1. The number of benzene rings is 3. The number of carbonyl (C=O) groups excluding carboxylic acids is 1. The van der Waals surface area contributed by atoms with Crippen molar-refractivity contribution in [2.24, 2.45) is 0 Å². The van der Waals surface area contributed by atoms with Gasteiger partial charge >= 0.3 is 10.1 Å². The SMILES string of the molecule is CCOc1ccccc1/C=C1\Oc2cc(OS(=O)(=O)c3ccc(OC)cc3)ccc2C1=O. The highest BCUT2D eigenvalue weighted by atomic mass is 32.2. The van der Waals surface area contributed by atoms with E-state index in [4.69, 9.17) is 18.4 Å². The average molecular weight is 452 g/mol. The fourth-order valence-electron chi connectivity index (χ4n) is 3.16. The van der Waals surface area contributed by atoms with Crippen LogP contribution in [0.15, 0.2) is 77.4 Å². The first-order valence-corrected chi connectivity index (χ1v) is 11.2. The summed E-state index contributed by atoms with van der Waals surface area (Å²) in [6.45, 7) is 2.36. The van der Waals surface area contributed by atoms with Crippen LogP contribution in [-0.4, -0.2) is 27.9 Å². The van der Waals surface area contributed by atoms with Gasteiger partial charge < -0.3 is 18.4 Å². The van der Waals surface area contributed by atoms with Crippen molar-refractivity contribution in [1.29, 1.82) is 0 Å². The van der Waals surface area contributed by atoms with Crippen molar-refractivity contribution in [3.8, 4) is 23.0 Å². The van der Waals surface area contributed by atoms with Crippen LogP contribution in [0, 0.1) is 0 Å². The van der Waals surface area contributed by atoms with E-state index in [1.165, 1.54) is 49.6 Å². The maximum atomic E-state index is 12.7. The number of rotatable bonds is 7. The highest BCUT2D eigenvalue weighted by Gasteiger charge is 2.29. The van der Waals surface area contributed by atoms with Gasteiger partial charge in [0, 0.05) is 11.6 Å². The normalized spacial score (nSPS) is 14.1. The molecule has 0 atom stereocenters. The molecule has 164 valence electrons. The fraction of sp³-hybridized carbons (Fsp3) is 0.125. The first-order valence-electron chi connectivity index (χ1n) is 9.80. The molecule has 0 N–H and O–H groups in total. The van der Waals surface area contributed by atoms with Crippen molar-refractivity contribution in [2.75, 3.05) is 13.7 Å². The van der Waals surface area contributed by atoms with Gasteiger partial charge in [-0.15, -0.1) is 0 Å². The van der Waals surface area contributed by atoms with E-state index < -0.39 is 10.1 Å². The Labute approximate surface area is 185 Å².